The summed E-state index contributed by atoms with van der Waals surface area (Å²) in [7, 11) is 0. The quantitative estimate of drug-likeness (QED) is 0.546. The Morgan fingerprint density at radius 3 is 1.59 bits per heavy atom. The van der Waals surface area contributed by atoms with Crippen molar-refractivity contribution in [2.45, 2.75) is 19.8 Å². The Balaban J connectivity index is 2.12. The summed E-state index contributed by atoms with van der Waals surface area (Å²) in [5.74, 6) is 0.522. The normalized spacial score (nSPS) is 10.7. The lowest BCUT2D eigenvalue weighted by molar-refractivity contribution is 0.866. The van der Waals surface area contributed by atoms with Gasteiger partial charge in [-0.1, -0.05) is 62.4 Å². The second kappa shape index (κ2) is 6.48. The average Bonchev–Trinajstić information content (AvgIpc) is 2.57. The van der Waals surface area contributed by atoms with Crippen LogP contribution < -0.4 is 4.90 Å². The van der Waals surface area contributed by atoms with Gasteiger partial charge in [0.15, 0.2) is 0 Å². The molecule has 0 unspecified atom stereocenters. The molecule has 0 saturated heterocycles. The molecule has 0 atom stereocenters. The first-order valence-corrected chi connectivity index (χ1v) is 7.76. The van der Waals surface area contributed by atoms with E-state index in [4.69, 9.17) is 0 Å². The average molecular weight is 287 g/mol. The number of anilines is 3. The number of benzene rings is 3. The zero-order chi connectivity index (χ0) is 15.4. The van der Waals surface area contributed by atoms with Crippen LogP contribution in [0.3, 0.4) is 0 Å². The summed E-state index contributed by atoms with van der Waals surface area (Å²) in [5.41, 5.74) is 4.90. The van der Waals surface area contributed by atoms with E-state index >= 15 is 0 Å². The smallest absolute Gasteiger partial charge is 0.0464 e. The Morgan fingerprint density at radius 2 is 1.09 bits per heavy atom. The fourth-order valence-corrected chi connectivity index (χ4v) is 2.62. The van der Waals surface area contributed by atoms with Gasteiger partial charge in [0.2, 0.25) is 0 Å². The van der Waals surface area contributed by atoms with Crippen molar-refractivity contribution in [1.82, 2.24) is 0 Å². The van der Waals surface area contributed by atoms with Crippen LogP contribution in [0.25, 0.3) is 0 Å². The van der Waals surface area contributed by atoms with Crippen molar-refractivity contribution < 1.29 is 0 Å². The Kier molecular flexibility index (Phi) is 4.24. The van der Waals surface area contributed by atoms with Gasteiger partial charge in [-0.15, -0.1) is 0 Å². The van der Waals surface area contributed by atoms with Crippen molar-refractivity contribution in [2.24, 2.45) is 0 Å². The van der Waals surface area contributed by atoms with E-state index in [0.717, 1.165) is 0 Å². The molecule has 22 heavy (non-hydrogen) atoms. The monoisotopic (exact) mass is 287 g/mol. The predicted molar refractivity (Wildman–Crippen MR) is 95.2 cm³/mol. The van der Waals surface area contributed by atoms with Crippen LogP contribution in [0.4, 0.5) is 17.1 Å². The molecule has 0 aliphatic rings. The van der Waals surface area contributed by atoms with E-state index in [1.165, 1.54) is 22.6 Å². The second-order valence-corrected chi connectivity index (χ2v) is 5.76. The van der Waals surface area contributed by atoms with Crippen molar-refractivity contribution in [1.29, 1.82) is 0 Å². The van der Waals surface area contributed by atoms with Gasteiger partial charge < -0.3 is 4.90 Å². The molecule has 0 aromatic heterocycles. The zero-order valence-corrected chi connectivity index (χ0v) is 13.1. The molecule has 0 fully saturated rings. The number of hydrogen-bond acceptors (Lipinski definition) is 1. The molecular weight excluding hydrogens is 266 g/mol. The number of para-hydroxylation sites is 2. The van der Waals surface area contributed by atoms with Crippen LogP contribution in [-0.2, 0) is 0 Å². The van der Waals surface area contributed by atoms with Gasteiger partial charge in [-0.25, -0.2) is 0 Å². The summed E-state index contributed by atoms with van der Waals surface area (Å²) in [6.07, 6.45) is 0. The van der Waals surface area contributed by atoms with Gasteiger partial charge in [-0.05, 0) is 47.9 Å². The number of hydrogen-bond donors (Lipinski definition) is 0. The fraction of sp³-hybridized carbons (Fsp3) is 0.143. The summed E-state index contributed by atoms with van der Waals surface area (Å²) in [5, 5.41) is 0. The third-order valence-corrected chi connectivity index (χ3v) is 3.82. The minimum Gasteiger partial charge on any atom is -0.310 e. The molecule has 0 radical (unpaired) electrons. The van der Waals surface area contributed by atoms with Gasteiger partial charge in [0, 0.05) is 17.1 Å². The van der Waals surface area contributed by atoms with Crippen molar-refractivity contribution in [3.8, 4) is 0 Å². The highest BCUT2D eigenvalue weighted by molar-refractivity contribution is 5.76. The first kappa shape index (κ1) is 14.4. The Hall–Kier alpha value is -2.54. The molecule has 3 aromatic rings. The minimum absolute atomic E-state index is 0.522. The SMILES string of the molecule is CC(C)c1cccc(N(c2ccccc2)c2ccccc2)c1. The molecule has 3 aromatic carbocycles. The van der Waals surface area contributed by atoms with Crippen molar-refractivity contribution in [3.63, 3.8) is 0 Å². The van der Waals surface area contributed by atoms with Gasteiger partial charge in [-0.3, -0.25) is 0 Å². The molecule has 110 valence electrons. The second-order valence-electron chi connectivity index (χ2n) is 5.76. The molecule has 1 nitrogen and oxygen atoms in total. The molecule has 0 bridgehead atoms. The largest absolute Gasteiger partial charge is 0.310 e. The van der Waals surface area contributed by atoms with Crippen LogP contribution >= 0.6 is 0 Å². The van der Waals surface area contributed by atoms with E-state index < -0.39 is 0 Å². The summed E-state index contributed by atoms with van der Waals surface area (Å²) >= 11 is 0. The maximum absolute atomic E-state index is 2.30. The van der Waals surface area contributed by atoms with E-state index in [1.54, 1.807) is 0 Å². The summed E-state index contributed by atoms with van der Waals surface area (Å²) in [4.78, 5) is 2.30. The number of nitrogens with zero attached hydrogens (tertiary/aromatic N) is 1. The Labute approximate surface area is 132 Å². The van der Waals surface area contributed by atoms with Crippen LogP contribution in [0.15, 0.2) is 84.9 Å². The lowest BCUT2D eigenvalue weighted by Crippen LogP contribution is -2.10. The molecule has 0 aliphatic heterocycles. The molecule has 3 rings (SSSR count). The molecule has 0 aliphatic carbocycles. The Morgan fingerprint density at radius 1 is 0.591 bits per heavy atom. The van der Waals surface area contributed by atoms with E-state index in [1.807, 2.05) is 0 Å². The van der Waals surface area contributed by atoms with Gasteiger partial charge in [0.25, 0.3) is 0 Å². The van der Waals surface area contributed by atoms with Crippen LogP contribution in [0, 0.1) is 0 Å². The predicted octanol–water partition coefficient (Wildman–Crippen LogP) is 6.28. The van der Waals surface area contributed by atoms with Crippen molar-refractivity contribution >= 4 is 17.1 Å². The molecular formula is C21H21N. The summed E-state index contributed by atoms with van der Waals surface area (Å²) < 4.78 is 0. The van der Waals surface area contributed by atoms with Crippen molar-refractivity contribution in [3.05, 3.63) is 90.5 Å². The highest BCUT2D eigenvalue weighted by Gasteiger charge is 2.12. The lowest BCUT2D eigenvalue weighted by Gasteiger charge is -2.26. The summed E-state index contributed by atoms with van der Waals surface area (Å²) in [6, 6.07) is 29.8. The van der Waals surface area contributed by atoms with Crippen molar-refractivity contribution in [2.75, 3.05) is 4.90 Å². The maximum Gasteiger partial charge on any atom is 0.0464 e. The van der Waals surface area contributed by atoms with Crippen LogP contribution in [0.2, 0.25) is 0 Å². The minimum atomic E-state index is 0.522. The molecule has 1 heteroatoms. The third kappa shape index (κ3) is 3.04. The van der Waals surface area contributed by atoms with Gasteiger partial charge in [-0.2, -0.15) is 0 Å². The van der Waals surface area contributed by atoms with Gasteiger partial charge in [0.05, 0.1) is 0 Å². The molecule has 0 heterocycles. The number of rotatable bonds is 4. The zero-order valence-electron chi connectivity index (χ0n) is 13.1. The highest BCUT2D eigenvalue weighted by Crippen LogP contribution is 2.35. The van der Waals surface area contributed by atoms with Gasteiger partial charge >= 0.3 is 0 Å². The van der Waals surface area contributed by atoms with E-state index in [9.17, 15) is 0 Å². The third-order valence-electron chi connectivity index (χ3n) is 3.82. The molecule has 0 N–H and O–H groups in total. The van der Waals surface area contributed by atoms with Crippen LogP contribution in [-0.4, -0.2) is 0 Å². The van der Waals surface area contributed by atoms with E-state index in [-0.39, 0.29) is 0 Å². The summed E-state index contributed by atoms with van der Waals surface area (Å²) in [6.45, 7) is 4.46. The Bertz CT molecular complexity index is 678. The first-order chi connectivity index (χ1) is 10.8. The lowest BCUT2D eigenvalue weighted by atomic mass is 10.0. The highest BCUT2D eigenvalue weighted by atomic mass is 15.1. The molecule has 0 amide bonds. The van der Waals surface area contributed by atoms with Crippen LogP contribution in [0.5, 0.6) is 0 Å². The molecule has 0 spiro atoms. The maximum atomic E-state index is 2.30. The van der Waals surface area contributed by atoms with E-state index in [2.05, 4.69) is 104 Å². The van der Waals surface area contributed by atoms with E-state index in [0.29, 0.717) is 5.92 Å². The fourth-order valence-electron chi connectivity index (χ4n) is 2.62. The standard InChI is InChI=1S/C21H21N/c1-17(2)18-10-9-15-21(16-18)22(19-11-5-3-6-12-19)20-13-7-4-8-14-20/h3-17H,1-2H3. The molecule has 0 saturated carbocycles. The first-order valence-electron chi connectivity index (χ1n) is 7.76. The van der Waals surface area contributed by atoms with Gasteiger partial charge in [0.1, 0.15) is 0 Å². The van der Waals surface area contributed by atoms with Crippen LogP contribution in [0.1, 0.15) is 25.3 Å². The topological polar surface area (TPSA) is 3.24 Å².